The van der Waals surface area contributed by atoms with Crippen molar-refractivity contribution in [2.75, 3.05) is 13.2 Å². The predicted molar refractivity (Wildman–Crippen MR) is 77.5 cm³/mol. The Hall–Kier alpha value is 0.160. The van der Waals surface area contributed by atoms with Gasteiger partial charge in [-0.2, -0.15) is 0 Å². The lowest BCUT2D eigenvalue weighted by molar-refractivity contribution is -0.121. The van der Waals surface area contributed by atoms with Crippen molar-refractivity contribution in [1.29, 1.82) is 0 Å². The van der Waals surface area contributed by atoms with Gasteiger partial charge in [0.15, 0.2) is 0 Å². The highest BCUT2D eigenvalue weighted by atomic mass is 35.6. The molecule has 1 atom stereocenters. The van der Waals surface area contributed by atoms with Gasteiger partial charge in [-0.25, -0.2) is 4.99 Å². The van der Waals surface area contributed by atoms with Crippen molar-refractivity contribution in [1.82, 2.24) is 5.32 Å². The number of amides is 1. The fourth-order valence-electron chi connectivity index (χ4n) is 1.24. The molecule has 0 bridgehead atoms. The van der Waals surface area contributed by atoms with E-state index in [1.165, 1.54) is 0 Å². The van der Waals surface area contributed by atoms with Gasteiger partial charge in [0.25, 0.3) is 0 Å². The van der Waals surface area contributed by atoms with Crippen LogP contribution in [0.15, 0.2) is 4.99 Å². The molecule has 0 aromatic heterocycles. The van der Waals surface area contributed by atoms with Crippen LogP contribution in [-0.4, -0.2) is 33.5 Å². The van der Waals surface area contributed by atoms with Crippen LogP contribution in [0.2, 0.25) is 0 Å². The van der Waals surface area contributed by atoms with Crippen LogP contribution in [0.1, 0.15) is 20.3 Å². The number of nitrogens with zero attached hydrogens (tertiary/aromatic N) is 1. The van der Waals surface area contributed by atoms with Crippen LogP contribution in [0.3, 0.4) is 0 Å². The van der Waals surface area contributed by atoms with E-state index in [0.29, 0.717) is 24.8 Å². The molecule has 0 saturated heterocycles. The molecule has 0 aromatic rings. The molecule has 104 valence electrons. The Morgan fingerprint density at radius 2 is 2.22 bits per heavy atom. The van der Waals surface area contributed by atoms with Crippen LogP contribution in [0, 0.1) is 5.92 Å². The first kappa shape index (κ1) is 16.2. The van der Waals surface area contributed by atoms with Gasteiger partial charge >= 0.3 is 0 Å². The Morgan fingerprint density at radius 3 is 2.67 bits per heavy atom. The first-order valence-corrected chi connectivity index (χ1v) is 7.50. The molecule has 1 amide bonds. The highest BCUT2D eigenvalue weighted by Gasteiger charge is 2.36. The number of aliphatic imine (C=N–C) groups is 1. The molecule has 0 radical (unpaired) electrons. The first-order valence-electron chi connectivity index (χ1n) is 5.49. The quantitative estimate of drug-likeness (QED) is 0.635. The molecule has 0 spiro atoms. The predicted octanol–water partition coefficient (Wildman–Crippen LogP) is 2.96. The molecule has 0 aromatic carbocycles. The van der Waals surface area contributed by atoms with Crippen LogP contribution >= 0.6 is 46.6 Å². The number of thioether (sulfide) groups is 1. The molecule has 1 unspecified atom stereocenters. The number of hydrogen-bond acceptors (Lipinski definition) is 4. The minimum Gasteiger partial charge on any atom is -0.471 e. The summed E-state index contributed by atoms with van der Waals surface area (Å²) < 4.78 is 3.61. The van der Waals surface area contributed by atoms with Gasteiger partial charge in [0, 0.05) is 6.42 Å². The number of hydrogen-bond donors (Lipinski definition) is 1. The number of carbonyl (C=O) groups excluding carboxylic acids is 1. The standard InChI is InChI=1S/C10H15Cl3N2O2S/c1-6(2)5-7(16)15-8(10(11,12)13)18-9-14-3-4-17-9/h6,8H,3-5H2,1-2H3,(H,15,16). The van der Waals surface area contributed by atoms with Crippen LogP contribution < -0.4 is 5.32 Å². The van der Waals surface area contributed by atoms with Crippen molar-refractivity contribution in [3.8, 4) is 0 Å². The Kier molecular flexibility index (Phi) is 6.38. The number of ether oxygens (including phenoxy) is 1. The van der Waals surface area contributed by atoms with E-state index in [2.05, 4.69) is 10.3 Å². The summed E-state index contributed by atoms with van der Waals surface area (Å²) in [5, 5.41) is 2.41. The summed E-state index contributed by atoms with van der Waals surface area (Å²) in [5.41, 5.74) is 0. The zero-order chi connectivity index (χ0) is 13.8. The lowest BCUT2D eigenvalue weighted by Gasteiger charge is -2.24. The monoisotopic (exact) mass is 332 g/mol. The first-order chi connectivity index (χ1) is 8.29. The average molecular weight is 334 g/mol. The summed E-state index contributed by atoms with van der Waals surface area (Å²) in [7, 11) is 0. The molecular weight excluding hydrogens is 319 g/mol. The van der Waals surface area contributed by atoms with Crippen molar-refractivity contribution in [3.05, 3.63) is 0 Å². The second-order valence-corrected chi connectivity index (χ2v) is 7.63. The summed E-state index contributed by atoms with van der Waals surface area (Å²) in [6.45, 7) is 5.01. The Labute approximate surface area is 126 Å². The maximum absolute atomic E-state index is 11.7. The van der Waals surface area contributed by atoms with Gasteiger partial charge < -0.3 is 10.1 Å². The summed E-state index contributed by atoms with van der Waals surface area (Å²) in [6, 6.07) is 0. The van der Waals surface area contributed by atoms with Gasteiger partial charge in [-0.1, -0.05) is 48.7 Å². The Bertz CT molecular complexity index is 332. The van der Waals surface area contributed by atoms with E-state index < -0.39 is 9.17 Å². The third-order valence-corrected chi connectivity index (χ3v) is 4.16. The molecule has 1 aliphatic rings. The Morgan fingerprint density at radius 1 is 1.56 bits per heavy atom. The summed E-state index contributed by atoms with van der Waals surface area (Å²) in [5.74, 6) is 0.0820. The van der Waals surface area contributed by atoms with E-state index in [0.717, 1.165) is 11.8 Å². The molecule has 1 N–H and O–H groups in total. The molecule has 18 heavy (non-hydrogen) atoms. The summed E-state index contributed by atoms with van der Waals surface area (Å²) >= 11 is 18.6. The third kappa shape index (κ3) is 5.87. The lowest BCUT2D eigenvalue weighted by atomic mass is 10.1. The fraction of sp³-hybridized carbons (Fsp3) is 0.800. The molecular formula is C10H15Cl3N2O2S. The number of nitrogens with one attached hydrogen (secondary N) is 1. The molecule has 1 rings (SSSR count). The number of halogens is 3. The Balaban J connectivity index is 2.58. The van der Waals surface area contributed by atoms with Crippen LogP contribution in [0.5, 0.6) is 0 Å². The van der Waals surface area contributed by atoms with Gasteiger partial charge in [0.1, 0.15) is 12.0 Å². The molecule has 0 saturated carbocycles. The van der Waals surface area contributed by atoms with Crippen LogP contribution in [-0.2, 0) is 9.53 Å². The highest BCUT2D eigenvalue weighted by Crippen LogP contribution is 2.37. The number of carbonyl (C=O) groups is 1. The van der Waals surface area contributed by atoms with Gasteiger partial charge in [-0.3, -0.25) is 4.79 Å². The van der Waals surface area contributed by atoms with Crippen LogP contribution in [0.25, 0.3) is 0 Å². The molecule has 4 nitrogen and oxygen atoms in total. The molecule has 1 heterocycles. The van der Waals surface area contributed by atoms with Gasteiger partial charge in [-0.15, -0.1) is 0 Å². The van der Waals surface area contributed by atoms with E-state index in [1.807, 2.05) is 13.8 Å². The van der Waals surface area contributed by atoms with Gasteiger partial charge in [0.05, 0.1) is 6.54 Å². The SMILES string of the molecule is CC(C)CC(=O)NC(SC1=NCCO1)C(Cl)(Cl)Cl. The molecule has 0 aliphatic carbocycles. The summed E-state index contributed by atoms with van der Waals surface area (Å²) in [4.78, 5) is 15.8. The van der Waals surface area contributed by atoms with Gasteiger partial charge in [0.2, 0.25) is 14.9 Å². The minimum atomic E-state index is -1.62. The van der Waals surface area contributed by atoms with E-state index >= 15 is 0 Å². The van der Waals surface area contributed by atoms with Gasteiger partial charge in [-0.05, 0) is 17.7 Å². The zero-order valence-electron chi connectivity index (χ0n) is 10.1. The van der Waals surface area contributed by atoms with Crippen molar-refractivity contribution < 1.29 is 9.53 Å². The smallest absolute Gasteiger partial charge is 0.248 e. The van der Waals surface area contributed by atoms with E-state index in [4.69, 9.17) is 39.5 Å². The summed E-state index contributed by atoms with van der Waals surface area (Å²) in [6.07, 6.45) is 0.380. The fourth-order valence-corrected chi connectivity index (χ4v) is 2.65. The minimum absolute atomic E-state index is 0.160. The lowest BCUT2D eigenvalue weighted by Crippen LogP contribution is -2.42. The van der Waals surface area contributed by atoms with Crippen molar-refractivity contribution in [2.24, 2.45) is 10.9 Å². The second kappa shape index (κ2) is 7.08. The molecule has 1 aliphatic heterocycles. The number of rotatable bonds is 4. The second-order valence-electron chi connectivity index (χ2n) is 4.20. The zero-order valence-corrected chi connectivity index (χ0v) is 13.2. The highest BCUT2D eigenvalue weighted by molar-refractivity contribution is 8.14. The molecule has 0 fully saturated rings. The van der Waals surface area contributed by atoms with E-state index in [-0.39, 0.29) is 11.8 Å². The largest absolute Gasteiger partial charge is 0.471 e. The average Bonchev–Trinajstić information content (AvgIpc) is 2.66. The van der Waals surface area contributed by atoms with Crippen LogP contribution in [0.4, 0.5) is 0 Å². The van der Waals surface area contributed by atoms with E-state index in [9.17, 15) is 4.79 Å². The maximum atomic E-state index is 11.7. The van der Waals surface area contributed by atoms with E-state index in [1.54, 1.807) is 0 Å². The van der Waals surface area contributed by atoms with Crippen molar-refractivity contribution in [2.45, 2.75) is 29.4 Å². The number of alkyl halides is 3. The molecule has 8 heteroatoms. The van der Waals surface area contributed by atoms with Crippen molar-refractivity contribution in [3.63, 3.8) is 0 Å². The normalized spacial score (nSPS) is 17.3. The topological polar surface area (TPSA) is 50.7 Å². The third-order valence-electron chi connectivity index (χ3n) is 1.96. The maximum Gasteiger partial charge on any atom is 0.248 e. The van der Waals surface area contributed by atoms with Crippen molar-refractivity contribution >= 4 is 57.7 Å².